The molecule has 1 heterocycles. The fourth-order valence-electron chi connectivity index (χ4n) is 2.54. The molecule has 0 unspecified atom stereocenters. The highest BCUT2D eigenvalue weighted by molar-refractivity contribution is 8.76. The van der Waals surface area contributed by atoms with E-state index in [4.69, 9.17) is 9.47 Å². The van der Waals surface area contributed by atoms with Crippen molar-refractivity contribution in [1.82, 2.24) is 15.6 Å². The molecule has 0 atom stereocenters. The Bertz CT molecular complexity index is 823. The number of amides is 2. The number of carbonyl (C=O) groups is 3. The molecule has 0 aliphatic carbocycles. The number of nitrogens with one attached hydrogen (secondary N) is 3. The van der Waals surface area contributed by atoms with E-state index in [0.29, 0.717) is 37.3 Å². The van der Waals surface area contributed by atoms with Crippen molar-refractivity contribution >= 4 is 45.4 Å². The van der Waals surface area contributed by atoms with Gasteiger partial charge in [0.05, 0.1) is 0 Å². The highest BCUT2D eigenvalue weighted by atomic mass is 33.1. The maximum atomic E-state index is 12.5. The van der Waals surface area contributed by atoms with Crippen LogP contribution in [0.5, 0.6) is 0 Å². The summed E-state index contributed by atoms with van der Waals surface area (Å²) in [7, 11) is 4.94. The third-order valence-corrected chi connectivity index (χ3v) is 6.29. The molecular formula is C23H38N4O5S2. The number of alkyl carbamates (subject to hydrolysis) is 1. The predicted octanol–water partition coefficient (Wildman–Crippen LogP) is 4.03. The lowest BCUT2D eigenvalue weighted by molar-refractivity contribution is -0.120. The molecule has 11 heteroatoms. The molecule has 0 spiro atoms. The van der Waals surface area contributed by atoms with Crippen molar-refractivity contribution in [2.24, 2.45) is 0 Å². The fraction of sp³-hybridized carbons (Fsp3) is 0.652. The summed E-state index contributed by atoms with van der Waals surface area (Å²) in [5, 5.41) is 8.50. The highest BCUT2D eigenvalue weighted by Gasteiger charge is 2.21. The lowest BCUT2D eigenvalue weighted by atomic mass is 10.1. The molecule has 1 rings (SSSR count). The first kappa shape index (κ1) is 29.9. The van der Waals surface area contributed by atoms with Gasteiger partial charge >= 0.3 is 12.1 Å². The van der Waals surface area contributed by atoms with Gasteiger partial charge in [-0.05, 0) is 59.6 Å². The average Bonchev–Trinajstić information content (AvgIpc) is 2.71. The second-order valence-corrected chi connectivity index (χ2v) is 12.1. The van der Waals surface area contributed by atoms with Crippen LogP contribution < -0.4 is 16.0 Å². The van der Waals surface area contributed by atoms with E-state index in [-0.39, 0.29) is 5.91 Å². The minimum atomic E-state index is -0.608. The molecule has 9 nitrogen and oxygen atoms in total. The van der Waals surface area contributed by atoms with Crippen LogP contribution in [0.1, 0.15) is 63.9 Å². The monoisotopic (exact) mass is 514 g/mol. The Labute approximate surface area is 210 Å². The number of esters is 1. The van der Waals surface area contributed by atoms with E-state index in [2.05, 4.69) is 20.9 Å². The molecule has 0 fully saturated rings. The first-order valence-electron chi connectivity index (χ1n) is 11.2. The SMILES string of the molecule is CNc1ncc(CCC(=O)NCCSSCCNC(=O)OC(C)(C)C)cc1C(=O)OC(C)(C)C. The molecule has 0 aromatic carbocycles. The zero-order valence-corrected chi connectivity index (χ0v) is 22.8. The number of rotatable bonds is 12. The number of nitrogens with zero attached hydrogens (tertiary/aromatic N) is 1. The quantitative estimate of drug-likeness (QED) is 0.216. The van der Waals surface area contributed by atoms with Crippen molar-refractivity contribution in [1.29, 1.82) is 0 Å². The van der Waals surface area contributed by atoms with Gasteiger partial charge in [0.15, 0.2) is 0 Å². The van der Waals surface area contributed by atoms with Gasteiger partial charge in [0.25, 0.3) is 0 Å². The van der Waals surface area contributed by atoms with E-state index in [1.807, 2.05) is 41.5 Å². The number of ether oxygens (including phenoxy) is 2. The molecule has 0 saturated heterocycles. The van der Waals surface area contributed by atoms with Crippen molar-refractivity contribution in [3.8, 4) is 0 Å². The summed E-state index contributed by atoms with van der Waals surface area (Å²) in [5.41, 5.74) is 0.0301. The molecule has 0 aliphatic heterocycles. The molecule has 0 aliphatic rings. The van der Waals surface area contributed by atoms with Gasteiger partial charge in [-0.1, -0.05) is 21.6 Å². The average molecular weight is 515 g/mol. The molecule has 2 amide bonds. The van der Waals surface area contributed by atoms with Crippen molar-refractivity contribution in [2.75, 3.05) is 37.0 Å². The largest absolute Gasteiger partial charge is 0.456 e. The van der Waals surface area contributed by atoms with Gasteiger partial charge in [-0.2, -0.15) is 0 Å². The first-order valence-corrected chi connectivity index (χ1v) is 13.7. The van der Waals surface area contributed by atoms with Crippen LogP contribution in [0.15, 0.2) is 12.3 Å². The Morgan fingerprint density at radius 2 is 1.53 bits per heavy atom. The number of anilines is 1. The van der Waals surface area contributed by atoms with Crippen LogP contribution in [0.4, 0.5) is 10.6 Å². The van der Waals surface area contributed by atoms with Crippen molar-refractivity contribution in [2.45, 2.75) is 65.6 Å². The van der Waals surface area contributed by atoms with Gasteiger partial charge in [-0.15, -0.1) is 0 Å². The van der Waals surface area contributed by atoms with Crippen LogP contribution in [0, 0.1) is 0 Å². The molecule has 0 bridgehead atoms. The Morgan fingerprint density at radius 1 is 0.941 bits per heavy atom. The van der Waals surface area contributed by atoms with E-state index in [0.717, 1.165) is 17.1 Å². The minimum Gasteiger partial charge on any atom is -0.456 e. The van der Waals surface area contributed by atoms with Crippen LogP contribution in [0.25, 0.3) is 0 Å². The van der Waals surface area contributed by atoms with Crippen LogP contribution in [-0.4, -0.2) is 65.8 Å². The number of carbonyl (C=O) groups excluding carboxylic acids is 3. The van der Waals surface area contributed by atoms with Crippen molar-refractivity contribution in [3.63, 3.8) is 0 Å². The molecular weight excluding hydrogens is 476 g/mol. The Morgan fingerprint density at radius 3 is 2.09 bits per heavy atom. The Hall–Kier alpha value is -2.14. The van der Waals surface area contributed by atoms with Gasteiger partial charge in [0.1, 0.15) is 22.6 Å². The Kier molecular flexibility index (Phi) is 12.6. The maximum absolute atomic E-state index is 12.5. The summed E-state index contributed by atoms with van der Waals surface area (Å²) < 4.78 is 10.6. The van der Waals surface area contributed by atoms with Gasteiger partial charge in [-0.3, -0.25) is 4.79 Å². The number of pyridine rings is 1. The van der Waals surface area contributed by atoms with Crippen molar-refractivity contribution in [3.05, 3.63) is 23.4 Å². The predicted molar refractivity (Wildman–Crippen MR) is 139 cm³/mol. The van der Waals surface area contributed by atoms with Gasteiger partial charge in [0.2, 0.25) is 5.91 Å². The number of hydrogen-bond donors (Lipinski definition) is 3. The van der Waals surface area contributed by atoms with E-state index < -0.39 is 23.3 Å². The summed E-state index contributed by atoms with van der Waals surface area (Å²) in [6.07, 6.45) is 2.01. The van der Waals surface area contributed by atoms with E-state index >= 15 is 0 Å². The molecule has 1 aromatic heterocycles. The second-order valence-electron chi connectivity index (χ2n) is 9.41. The Balaban J connectivity index is 2.29. The molecule has 34 heavy (non-hydrogen) atoms. The standard InChI is InChI=1S/C23H38N4O5S2/c1-22(2,3)31-20(29)17-14-16(15-27-19(17)24-7)8-9-18(28)25-10-12-33-34-13-11-26-21(30)32-23(4,5)6/h14-15H,8-13H2,1-7H3,(H,24,27)(H,25,28)(H,26,30). The smallest absolute Gasteiger partial charge is 0.407 e. The third kappa shape index (κ3) is 13.5. The molecule has 1 aromatic rings. The van der Waals surface area contributed by atoms with Crippen LogP contribution >= 0.6 is 21.6 Å². The van der Waals surface area contributed by atoms with Crippen LogP contribution in [0.3, 0.4) is 0 Å². The van der Waals surface area contributed by atoms with E-state index in [9.17, 15) is 14.4 Å². The summed E-state index contributed by atoms with van der Waals surface area (Å²) in [6.45, 7) is 12.0. The first-order chi connectivity index (χ1) is 15.8. The fourth-order valence-corrected chi connectivity index (χ4v) is 4.35. The molecule has 0 radical (unpaired) electrons. The normalized spacial score (nSPS) is 11.5. The van der Waals surface area contributed by atoms with Gasteiger partial charge < -0.3 is 25.4 Å². The zero-order chi connectivity index (χ0) is 25.8. The highest BCUT2D eigenvalue weighted by Crippen LogP contribution is 2.20. The van der Waals surface area contributed by atoms with Gasteiger partial charge in [-0.25, -0.2) is 14.6 Å². The van der Waals surface area contributed by atoms with E-state index in [1.165, 1.54) is 0 Å². The van der Waals surface area contributed by atoms with E-state index in [1.54, 1.807) is 40.9 Å². The van der Waals surface area contributed by atoms with Crippen molar-refractivity contribution < 1.29 is 23.9 Å². The summed E-state index contributed by atoms with van der Waals surface area (Å²) in [6, 6.07) is 1.72. The molecule has 3 N–H and O–H groups in total. The lowest BCUT2D eigenvalue weighted by Gasteiger charge is -2.20. The zero-order valence-electron chi connectivity index (χ0n) is 21.2. The summed E-state index contributed by atoms with van der Waals surface area (Å²) in [4.78, 5) is 40.5. The lowest BCUT2D eigenvalue weighted by Crippen LogP contribution is -2.33. The van der Waals surface area contributed by atoms with Crippen LogP contribution in [0.2, 0.25) is 0 Å². The second kappa shape index (κ2) is 14.3. The molecule has 0 saturated carbocycles. The minimum absolute atomic E-state index is 0.0614. The van der Waals surface area contributed by atoms with Gasteiger partial charge in [0, 0.05) is 44.3 Å². The number of hydrogen-bond acceptors (Lipinski definition) is 9. The summed E-state index contributed by atoms with van der Waals surface area (Å²) in [5.74, 6) is 1.43. The maximum Gasteiger partial charge on any atom is 0.407 e. The number of aryl methyl sites for hydroxylation is 1. The molecule has 192 valence electrons. The summed E-state index contributed by atoms with van der Waals surface area (Å²) >= 11 is 0. The van der Waals surface area contributed by atoms with Crippen LogP contribution in [-0.2, 0) is 20.7 Å². The number of aromatic nitrogens is 1. The topological polar surface area (TPSA) is 119 Å². The third-order valence-electron chi connectivity index (χ3n) is 3.89.